The van der Waals surface area contributed by atoms with Crippen LogP contribution in [0.1, 0.15) is 44.4 Å². The van der Waals surface area contributed by atoms with E-state index in [0.717, 1.165) is 5.56 Å². The van der Waals surface area contributed by atoms with Crippen molar-refractivity contribution < 1.29 is 4.79 Å². The molecule has 100 valence electrons. The number of benzene rings is 1. The summed E-state index contributed by atoms with van der Waals surface area (Å²) in [5, 5.41) is 3.00. The van der Waals surface area contributed by atoms with Gasteiger partial charge in [0.15, 0.2) is 0 Å². The van der Waals surface area contributed by atoms with E-state index >= 15 is 0 Å². The van der Waals surface area contributed by atoms with Crippen LogP contribution >= 0.6 is 0 Å². The maximum Gasteiger partial charge on any atom is 0.222 e. The molecule has 2 unspecified atom stereocenters. The number of hydrogen-bond donors (Lipinski definition) is 2. The van der Waals surface area contributed by atoms with Crippen LogP contribution in [0, 0.1) is 12.8 Å². The van der Waals surface area contributed by atoms with E-state index in [-0.39, 0.29) is 18.0 Å². The molecule has 0 fully saturated rings. The Kier molecular flexibility index (Phi) is 5.35. The fourth-order valence-electron chi connectivity index (χ4n) is 1.90. The Morgan fingerprint density at radius 2 is 1.89 bits per heavy atom. The Labute approximate surface area is 110 Å². The Morgan fingerprint density at radius 3 is 2.44 bits per heavy atom. The van der Waals surface area contributed by atoms with Crippen molar-refractivity contribution in [3.63, 3.8) is 0 Å². The van der Waals surface area contributed by atoms with E-state index in [9.17, 15) is 4.79 Å². The Bertz CT molecular complexity index is 401. The standard InChI is InChI=1S/C15H24N2O/c1-10(2)14(16)9-15(18)17-12(4)13-8-6-5-7-11(13)3/h5-8,10,12,14H,9,16H2,1-4H3,(H,17,18). The first-order valence-corrected chi connectivity index (χ1v) is 6.52. The maximum atomic E-state index is 11.9. The molecule has 0 aliphatic carbocycles. The molecule has 1 aromatic rings. The van der Waals surface area contributed by atoms with Crippen LogP contribution in [0.2, 0.25) is 0 Å². The van der Waals surface area contributed by atoms with Crippen LogP contribution in [-0.2, 0) is 4.79 Å². The van der Waals surface area contributed by atoms with Crippen LogP contribution in [0.5, 0.6) is 0 Å². The summed E-state index contributed by atoms with van der Waals surface area (Å²) in [5.41, 5.74) is 8.25. The molecule has 0 aliphatic rings. The van der Waals surface area contributed by atoms with Gasteiger partial charge in [-0.15, -0.1) is 0 Å². The van der Waals surface area contributed by atoms with Gasteiger partial charge in [0.1, 0.15) is 0 Å². The van der Waals surface area contributed by atoms with Crippen LogP contribution in [0.4, 0.5) is 0 Å². The second-order valence-corrected chi connectivity index (χ2v) is 5.26. The van der Waals surface area contributed by atoms with Gasteiger partial charge in [0.05, 0.1) is 6.04 Å². The lowest BCUT2D eigenvalue weighted by Crippen LogP contribution is -2.36. The summed E-state index contributed by atoms with van der Waals surface area (Å²) in [6.07, 6.45) is 0.383. The first-order valence-electron chi connectivity index (χ1n) is 6.52. The van der Waals surface area contributed by atoms with Gasteiger partial charge in [-0.1, -0.05) is 38.1 Å². The van der Waals surface area contributed by atoms with E-state index in [1.165, 1.54) is 5.56 Å². The molecule has 0 spiro atoms. The zero-order valence-corrected chi connectivity index (χ0v) is 11.7. The van der Waals surface area contributed by atoms with Gasteiger partial charge in [0.25, 0.3) is 0 Å². The second-order valence-electron chi connectivity index (χ2n) is 5.26. The molecule has 0 bridgehead atoms. The van der Waals surface area contributed by atoms with Crippen molar-refractivity contribution in [3.05, 3.63) is 35.4 Å². The van der Waals surface area contributed by atoms with E-state index in [2.05, 4.69) is 18.3 Å². The predicted molar refractivity (Wildman–Crippen MR) is 75.2 cm³/mol. The smallest absolute Gasteiger partial charge is 0.222 e. The molecule has 0 heterocycles. The molecule has 0 saturated carbocycles. The van der Waals surface area contributed by atoms with Crippen LogP contribution in [-0.4, -0.2) is 11.9 Å². The van der Waals surface area contributed by atoms with Crippen molar-refractivity contribution in [1.82, 2.24) is 5.32 Å². The molecule has 1 amide bonds. The molecule has 0 radical (unpaired) electrons. The summed E-state index contributed by atoms with van der Waals surface area (Å²) >= 11 is 0. The van der Waals surface area contributed by atoms with Crippen LogP contribution in [0.3, 0.4) is 0 Å². The van der Waals surface area contributed by atoms with Crippen molar-refractivity contribution in [2.75, 3.05) is 0 Å². The van der Waals surface area contributed by atoms with E-state index in [1.54, 1.807) is 0 Å². The van der Waals surface area contributed by atoms with Crippen LogP contribution in [0.25, 0.3) is 0 Å². The zero-order valence-electron chi connectivity index (χ0n) is 11.7. The lowest BCUT2D eigenvalue weighted by atomic mass is 10.00. The third-order valence-corrected chi connectivity index (χ3v) is 3.31. The van der Waals surface area contributed by atoms with Gasteiger partial charge >= 0.3 is 0 Å². The number of aryl methyl sites for hydroxylation is 1. The third kappa shape index (κ3) is 4.15. The molecular formula is C15H24N2O. The Morgan fingerprint density at radius 1 is 1.28 bits per heavy atom. The summed E-state index contributed by atoms with van der Waals surface area (Å²) in [5.74, 6) is 0.344. The minimum absolute atomic E-state index is 0.0203. The number of rotatable bonds is 5. The summed E-state index contributed by atoms with van der Waals surface area (Å²) in [7, 11) is 0. The molecule has 3 heteroatoms. The third-order valence-electron chi connectivity index (χ3n) is 3.31. The molecular weight excluding hydrogens is 224 g/mol. The topological polar surface area (TPSA) is 55.1 Å². The fourth-order valence-corrected chi connectivity index (χ4v) is 1.90. The van der Waals surface area contributed by atoms with Gasteiger partial charge in [0, 0.05) is 12.5 Å². The monoisotopic (exact) mass is 248 g/mol. The lowest BCUT2D eigenvalue weighted by Gasteiger charge is -2.19. The minimum atomic E-state index is -0.0749. The number of carbonyl (C=O) groups excluding carboxylic acids is 1. The van der Waals surface area contributed by atoms with Gasteiger partial charge in [-0.2, -0.15) is 0 Å². The van der Waals surface area contributed by atoms with Gasteiger partial charge in [-0.25, -0.2) is 0 Å². The number of carbonyl (C=O) groups is 1. The lowest BCUT2D eigenvalue weighted by molar-refractivity contribution is -0.122. The van der Waals surface area contributed by atoms with Gasteiger partial charge < -0.3 is 11.1 Å². The molecule has 1 rings (SSSR count). The highest BCUT2D eigenvalue weighted by Gasteiger charge is 2.16. The van der Waals surface area contributed by atoms with Gasteiger partial charge in [-0.3, -0.25) is 4.79 Å². The minimum Gasteiger partial charge on any atom is -0.350 e. The largest absolute Gasteiger partial charge is 0.350 e. The normalized spacial score (nSPS) is 14.3. The molecule has 0 saturated heterocycles. The first kappa shape index (κ1) is 14.7. The number of nitrogens with one attached hydrogen (secondary N) is 1. The highest BCUT2D eigenvalue weighted by atomic mass is 16.1. The summed E-state index contributed by atoms with van der Waals surface area (Å²) in [4.78, 5) is 11.9. The summed E-state index contributed by atoms with van der Waals surface area (Å²) in [6, 6.07) is 8.04. The van der Waals surface area contributed by atoms with E-state index < -0.39 is 0 Å². The Hall–Kier alpha value is -1.35. The fraction of sp³-hybridized carbons (Fsp3) is 0.533. The average molecular weight is 248 g/mol. The Balaban J connectivity index is 2.58. The highest BCUT2D eigenvalue weighted by molar-refractivity contribution is 5.77. The van der Waals surface area contributed by atoms with Crippen molar-refractivity contribution in [3.8, 4) is 0 Å². The number of amides is 1. The van der Waals surface area contributed by atoms with E-state index in [1.807, 2.05) is 39.0 Å². The molecule has 3 nitrogen and oxygen atoms in total. The van der Waals surface area contributed by atoms with Gasteiger partial charge in [0.2, 0.25) is 5.91 Å². The van der Waals surface area contributed by atoms with Crippen LogP contribution in [0.15, 0.2) is 24.3 Å². The number of nitrogens with two attached hydrogens (primary N) is 1. The predicted octanol–water partition coefficient (Wildman–Crippen LogP) is 2.55. The average Bonchev–Trinajstić information content (AvgIpc) is 2.28. The highest BCUT2D eigenvalue weighted by Crippen LogP contribution is 2.16. The second kappa shape index (κ2) is 6.55. The van der Waals surface area contributed by atoms with E-state index in [4.69, 9.17) is 5.73 Å². The molecule has 0 aliphatic heterocycles. The van der Waals surface area contributed by atoms with Crippen molar-refractivity contribution >= 4 is 5.91 Å². The van der Waals surface area contributed by atoms with Crippen LogP contribution < -0.4 is 11.1 Å². The first-order chi connectivity index (χ1) is 8.41. The van der Waals surface area contributed by atoms with Gasteiger partial charge in [-0.05, 0) is 30.9 Å². The quantitative estimate of drug-likeness (QED) is 0.841. The van der Waals surface area contributed by atoms with Crippen molar-refractivity contribution in [2.45, 2.75) is 46.2 Å². The molecule has 0 aromatic heterocycles. The summed E-state index contributed by atoms with van der Waals surface area (Å²) in [6.45, 7) is 8.12. The molecule has 18 heavy (non-hydrogen) atoms. The van der Waals surface area contributed by atoms with Crippen molar-refractivity contribution in [1.29, 1.82) is 0 Å². The van der Waals surface area contributed by atoms with Crippen molar-refractivity contribution in [2.24, 2.45) is 11.7 Å². The SMILES string of the molecule is Cc1ccccc1C(C)NC(=O)CC(N)C(C)C. The molecule has 2 atom stereocenters. The maximum absolute atomic E-state index is 11.9. The number of hydrogen-bond acceptors (Lipinski definition) is 2. The van der Waals surface area contributed by atoms with E-state index in [0.29, 0.717) is 12.3 Å². The molecule has 1 aromatic carbocycles. The zero-order chi connectivity index (χ0) is 13.7. The molecule has 3 N–H and O–H groups in total. The summed E-state index contributed by atoms with van der Waals surface area (Å²) < 4.78 is 0.